The summed E-state index contributed by atoms with van der Waals surface area (Å²) in [5, 5.41) is 7.78. The van der Waals surface area contributed by atoms with Gasteiger partial charge >= 0.3 is 0 Å². The minimum atomic E-state index is -0.201. The predicted octanol–water partition coefficient (Wildman–Crippen LogP) is 0.571. The van der Waals surface area contributed by atoms with Crippen LogP contribution in [-0.2, 0) is 13.6 Å². The Kier molecular flexibility index (Phi) is 3.05. The first kappa shape index (κ1) is 12.2. The largest absolute Gasteiger partial charge is 0.396 e. The molecular weight excluding hydrogens is 234 g/mol. The van der Waals surface area contributed by atoms with Crippen molar-refractivity contribution in [2.45, 2.75) is 13.5 Å². The highest BCUT2D eigenvalue weighted by molar-refractivity contribution is 5.97. The number of hydrogen-bond acceptors (Lipinski definition) is 5. The predicted molar refractivity (Wildman–Crippen MR) is 64.7 cm³/mol. The van der Waals surface area contributed by atoms with Crippen molar-refractivity contribution in [3.63, 3.8) is 0 Å². The standard InChI is InChI=1S/C11H15N5O2/c1-7-4-8(14-18-7)6-15(2)11(17)10-9(12)5-13-16(10)3/h4-5H,6,12H2,1-3H3. The number of anilines is 1. The quantitative estimate of drug-likeness (QED) is 0.858. The van der Waals surface area contributed by atoms with E-state index in [1.54, 1.807) is 27.1 Å². The molecule has 1 amide bonds. The molecule has 2 aromatic rings. The monoisotopic (exact) mass is 249 g/mol. The second-order valence-electron chi connectivity index (χ2n) is 4.16. The number of aryl methyl sites for hydroxylation is 2. The van der Waals surface area contributed by atoms with E-state index in [0.29, 0.717) is 29.4 Å². The van der Waals surface area contributed by atoms with Crippen molar-refractivity contribution in [3.8, 4) is 0 Å². The van der Waals surface area contributed by atoms with Crippen LogP contribution in [0, 0.1) is 6.92 Å². The van der Waals surface area contributed by atoms with Gasteiger partial charge in [0.1, 0.15) is 17.1 Å². The SMILES string of the molecule is Cc1cc(CN(C)C(=O)c2c(N)cnn2C)no1. The van der Waals surface area contributed by atoms with Crippen LogP contribution in [0.3, 0.4) is 0 Å². The van der Waals surface area contributed by atoms with Crippen LogP contribution in [0.4, 0.5) is 5.69 Å². The zero-order valence-corrected chi connectivity index (χ0v) is 10.5. The van der Waals surface area contributed by atoms with E-state index in [4.69, 9.17) is 10.3 Å². The van der Waals surface area contributed by atoms with Gasteiger partial charge < -0.3 is 15.2 Å². The molecule has 18 heavy (non-hydrogen) atoms. The fourth-order valence-electron chi connectivity index (χ4n) is 1.70. The molecule has 0 radical (unpaired) electrons. The van der Waals surface area contributed by atoms with E-state index in [1.807, 2.05) is 0 Å². The lowest BCUT2D eigenvalue weighted by molar-refractivity contribution is 0.0772. The van der Waals surface area contributed by atoms with Gasteiger partial charge in [0.2, 0.25) is 0 Å². The lowest BCUT2D eigenvalue weighted by atomic mass is 10.3. The number of amides is 1. The zero-order chi connectivity index (χ0) is 13.3. The zero-order valence-electron chi connectivity index (χ0n) is 10.5. The molecule has 0 atom stereocenters. The minimum absolute atomic E-state index is 0.201. The third-order valence-electron chi connectivity index (χ3n) is 2.59. The van der Waals surface area contributed by atoms with Crippen molar-refractivity contribution in [2.75, 3.05) is 12.8 Å². The fourth-order valence-corrected chi connectivity index (χ4v) is 1.70. The molecule has 0 saturated carbocycles. The molecule has 0 aliphatic carbocycles. The summed E-state index contributed by atoms with van der Waals surface area (Å²) in [5.74, 6) is 0.513. The topological polar surface area (TPSA) is 90.2 Å². The number of nitrogens with two attached hydrogens (primary N) is 1. The van der Waals surface area contributed by atoms with Gasteiger partial charge in [-0.2, -0.15) is 5.10 Å². The highest BCUT2D eigenvalue weighted by Crippen LogP contribution is 2.13. The number of nitrogens with zero attached hydrogens (tertiary/aromatic N) is 4. The van der Waals surface area contributed by atoms with Gasteiger partial charge in [0.15, 0.2) is 0 Å². The second kappa shape index (κ2) is 4.52. The molecule has 0 spiro atoms. The summed E-state index contributed by atoms with van der Waals surface area (Å²) in [7, 11) is 3.36. The summed E-state index contributed by atoms with van der Waals surface area (Å²) in [4.78, 5) is 13.7. The van der Waals surface area contributed by atoms with Crippen LogP contribution in [0.1, 0.15) is 21.9 Å². The lowest BCUT2D eigenvalue weighted by Crippen LogP contribution is -2.28. The number of carbonyl (C=O) groups is 1. The maximum atomic E-state index is 12.2. The first-order chi connectivity index (χ1) is 8.49. The Bertz CT molecular complexity index is 552. The summed E-state index contributed by atoms with van der Waals surface area (Å²) in [5.41, 5.74) is 7.15. The van der Waals surface area contributed by atoms with E-state index in [9.17, 15) is 4.79 Å². The number of rotatable bonds is 3. The molecule has 2 rings (SSSR count). The molecular formula is C11H15N5O2. The van der Waals surface area contributed by atoms with Crippen LogP contribution in [0.2, 0.25) is 0 Å². The molecule has 96 valence electrons. The van der Waals surface area contributed by atoms with Gasteiger partial charge in [-0.1, -0.05) is 5.16 Å². The normalized spacial score (nSPS) is 10.6. The highest BCUT2D eigenvalue weighted by Gasteiger charge is 2.20. The molecule has 2 N–H and O–H groups in total. The highest BCUT2D eigenvalue weighted by atomic mass is 16.5. The third kappa shape index (κ3) is 2.20. The third-order valence-corrected chi connectivity index (χ3v) is 2.59. The molecule has 0 aliphatic rings. The van der Waals surface area contributed by atoms with E-state index in [1.165, 1.54) is 15.8 Å². The van der Waals surface area contributed by atoms with E-state index in [-0.39, 0.29) is 5.91 Å². The maximum absolute atomic E-state index is 12.2. The average Bonchev–Trinajstić information content (AvgIpc) is 2.85. The molecule has 7 nitrogen and oxygen atoms in total. The van der Waals surface area contributed by atoms with Crippen molar-refractivity contribution in [3.05, 3.63) is 29.4 Å². The summed E-state index contributed by atoms with van der Waals surface area (Å²) in [6.45, 7) is 2.16. The van der Waals surface area contributed by atoms with Crippen molar-refractivity contribution >= 4 is 11.6 Å². The van der Waals surface area contributed by atoms with E-state index < -0.39 is 0 Å². The molecule has 2 heterocycles. The van der Waals surface area contributed by atoms with Crippen LogP contribution in [0.5, 0.6) is 0 Å². The molecule has 7 heteroatoms. The van der Waals surface area contributed by atoms with E-state index in [0.717, 1.165) is 0 Å². The van der Waals surface area contributed by atoms with Crippen LogP contribution >= 0.6 is 0 Å². The first-order valence-electron chi connectivity index (χ1n) is 5.44. The number of carbonyl (C=O) groups excluding carboxylic acids is 1. The number of hydrogen-bond donors (Lipinski definition) is 1. The number of aromatic nitrogens is 3. The van der Waals surface area contributed by atoms with Crippen LogP contribution in [0.15, 0.2) is 16.8 Å². The van der Waals surface area contributed by atoms with Crippen LogP contribution in [0.25, 0.3) is 0 Å². The first-order valence-corrected chi connectivity index (χ1v) is 5.44. The van der Waals surface area contributed by atoms with Gasteiger partial charge in [-0.3, -0.25) is 9.48 Å². The van der Waals surface area contributed by atoms with Gasteiger partial charge in [0, 0.05) is 20.2 Å². The van der Waals surface area contributed by atoms with Crippen molar-refractivity contribution in [2.24, 2.45) is 7.05 Å². The average molecular weight is 249 g/mol. The van der Waals surface area contributed by atoms with E-state index >= 15 is 0 Å². The molecule has 0 unspecified atom stereocenters. The fraction of sp³-hybridized carbons (Fsp3) is 0.364. The van der Waals surface area contributed by atoms with Gasteiger partial charge in [0.05, 0.1) is 18.4 Å². The number of nitrogen functional groups attached to an aromatic ring is 1. The Hall–Kier alpha value is -2.31. The summed E-state index contributed by atoms with van der Waals surface area (Å²) >= 11 is 0. The molecule has 0 fully saturated rings. The molecule has 0 saturated heterocycles. The summed E-state index contributed by atoms with van der Waals surface area (Å²) in [6, 6.07) is 1.79. The Balaban J connectivity index is 2.14. The Morgan fingerprint density at radius 2 is 2.33 bits per heavy atom. The van der Waals surface area contributed by atoms with Gasteiger partial charge in [-0.25, -0.2) is 0 Å². The molecule has 0 aromatic carbocycles. The molecule has 0 aliphatic heterocycles. The smallest absolute Gasteiger partial charge is 0.274 e. The van der Waals surface area contributed by atoms with Gasteiger partial charge in [-0.15, -0.1) is 0 Å². The molecule has 2 aromatic heterocycles. The Morgan fingerprint density at radius 1 is 1.61 bits per heavy atom. The minimum Gasteiger partial charge on any atom is -0.396 e. The Morgan fingerprint density at radius 3 is 2.83 bits per heavy atom. The lowest BCUT2D eigenvalue weighted by Gasteiger charge is -2.15. The van der Waals surface area contributed by atoms with Crippen LogP contribution in [-0.4, -0.2) is 32.8 Å². The maximum Gasteiger partial charge on any atom is 0.274 e. The second-order valence-corrected chi connectivity index (χ2v) is 4.16. The van der Waals surface area contributed by atoms with Crippen molar-refractivity contribution in [1.29, 1.82) is 0 Å². The van der Waals surface area contributed by atoms with Crippen molar-refractivity contribution < 1.29 is 9.32 Å². The molecule has 0 bridgehead atoms. The summed E-state index contributed by atoms with van der Waals surface area (Å²) in [6.07, 6.45) is 1.46. The van der Waals surface area contributed by atoms with Gasteiger partial charge in [-0.05, 0) is 6.92 Å². The Labute approximate surface area is 104 Å². The van der Waals surface area contributed by atoms with Crippen LogP contribution < -0.4 is 5.73 Å². The van der Waals surface area contributed by atoms with Crippen molar-refractivity contribution in [1.82, 2.24) is 19.8 Å². The van der Waals surface area contributed by atoms with E-state index in [2.05, 4.69) is 10.3 Å². The van der Waals surface area contributed by atoms with Gasteiger partial charge in [0.25, 0.3) is 5.91 Å². The summed E-state index contributed by atoms with van der Waals surface area (Å²) < 4.78 is 6.41.